The number of nitrogens with two attached hydrogens (primary N) is 2. The molecule has 4 atom stereocenters. The van der Waals surface area contributed by atoms with Crippen LogP contribution in [0.1, 0.15) is 25.0 Å². The Morgan fingerprint density at radius 2 is 1.56 bits per heavy atom. The fourth-order valence-corrected chi connectivity index (χ4v) is 2.66. The Balaban J connectivity index is 3.06. The normalized spacial score (nSPS) is 14.2. The molecule has 0 radical (unpaired) electrons. The number of nitrogens with one attached hydrogen (secondary N) is 4. The molecular weight excluding hydrogens is 458 g/mol. The molecule has 0 aliphatic rings. The SMILES string of the molecule is NC(=O)CCC(NC(=O)C(Cc1cnc[nH]1)NC(=O)C(CC(=O)O)NC(=O)C(N)CO)C(=O)O. The maximum Gasteiger partial charge on any atom is 0.326 e. The first-order valence-electron chi connectivity index (χ1n) is 9.92. The highest BCUT2D eigenvalue weighted by Crippen LogP contribution is 2.04. The quantitative estimate of drug-likeness (QED) is 0.114. The van der Waals surface area contributed by atoms with Gasteiger partial charge in [-0.05, 0) is 6.42 Å². The lowest BCUT2D eigenvalue weighted by molar-refractivity contribution is -0.143. The van der Waals surface area contributed by atoms with Crippen LogP contribution in [0.3, 0.4) is 0 Å². The number of aromatic amines is 1. The van der Waals surface area contributed by atoms with Gasteiger partial charge >= 0.3 is 11.9 Å². The topological polar surface area (TPSA) is 280 Å². The summed E-state index contributed by atoms with van der Waals surface area (Å²) in [5.74, 6) is -6.73. The second kappa shape index (κ2) is 13.5. The number of aromatic nitrogens is 2. The summed E-state index contributed by atoms with van der Waals surface area (Å²) in [4.78, 5) is 77.5. The zero-order valence-electron chi connectivity index (χ0n) is 17.9. The monoisotopic (exact) mass is 485 g/mol. The zero-order chi connectivity index (χ0) is 25.8. The van der Waals surface area contributed by atoms with Gasteiger partial charge in [0.05, 0.1) is 19.4 Å². The van der Waals surface area contributed by atoms with Crippen LogP contribution in [0.4, 0.5) is 0 Å². The summed E-state index contributed by atoms with van der Waals surface area (Å²) in [7, 11) is 0. The van der Waals surface area contributed by atoms with Gasteiger partial charge in [0.15, 0.2) is 0 Å². The average Bonchev–Trinajstić information content (AvgIpc) is 3.27. The van der Waals surface area contributed by atoms with Crippen LogP contribution in [0.25, 0.3) is 0 Å². The van der Waals surface area contributed by atoms with E-state index in [2.05, 4.69) is 25.9 Å². The van der Waals surface area contributed by atoms with E-state index in [0.717, 1.165) is 0 Å². The Labute approximate surface area is 192 Å². The van der Waals surface area contributed by atoms with Crippen molar-refractivity contribution in [1.29, 1.82) is 0 Å². The third kappa shape index (κ3) is 9.61. The number of rotatable bonds is 15. The molecule has 1 rings (SSSR count). The molecule has 11 N–H and O–H groups in total. The zero-order valence-corrected chi connectivity index (χ0v) is 17.9. The van der Waals surface area contributed by atoms with Gasteiger partial charge in [0.1, 0.15) is 24.2 Å². The van der Waals surface area contributed by atoms with Gasteiger partial charge < -0.3 is 47.7 Å². The van der Waals surface area contributed by atoms with E-state index in [1.54, 1.807) is 0 Å². The van der Waals surface area contributed by atoms with Crippen molar-refractivity contribution in [3.63, 3.8) is 0 Å². The maximum absolute atomic E-state index is 12.8. The highest BCUT2D eigenvalue weighted by molar-refractivity contribution is 5.95. The van der Waals surface area contributed by atoms with E-state index in [1.807, 2.05) is 0 Å². The standard InChI is InChI=1S/C18H27N7O9/c19-9(6-26)15(30)24-12(4-14(28)29)17(32)25-11(3-8-5-21-7-22-8)16(31)23-10(18(33)34)1-2-13(20)27/h5,7,9-12,26H,1-4,6,19H2,(H2,20,27)(H,21,22)(H,23,31)(H,24,30)(H,25,32)(H,28,29)(H,33,34). The summed E-state index contributed by atoms with van der Waals surface area (Å²) in [6.45, 7) is -0.764. The summed E-state index contributed by atoms with van der Waals surface area (Å²) >= 11 is 0. The largest absolute Gasteiger partial charge is 0.481 e. The molecule has 34 heavy (non-hydrogen) atoms. The Bertz CT molecular complexity index is 890. The van der Waals surface area contributed by atoms with Crippen LogP contribution in [0.5, 0.6) is 0 Å². The molecule has 4 unspecified atom stereocenters. The molecule has 16 heteroatoms. The fraction of sp³-hybridized carbons (Fsp3) is 0.500. The minimum absolute atomic E-state index is 0.205. The van der Waals surface area contributed by atoms with E-state index in [0.29, 0.717) is 5.69 Å². The molecule has 0 saturated heterocycles. The van der Waals surface area contributed by atoms with E-state index in [9.17, 15) is 33.9 Å². The Hall–Kier alpha value is -4.05. The minimum atomic E-state index is -1.66. The van der Waals surface area contributed by atoms with Crippen molar-refractivity contribution in [2.24, 2.45) is 11.5 Å². The first-order valence-corrected chi connectivity index (χ1v) is 9.92. The highest BCUT2D eigenvalue weighted by Gasteiger charge is 2.31. The number of carboxylic acids is 2. The first-order chi connectivity index (χ1) is 15.9. The van der Waals surface area contributed by atoms with Crippen molar-refractivity contribution in [2.45, 2.75) is 49.9 Å². The van der Waals surface area contributed by atoms with Gasteiger partial charge in [-0.3, -0.25) is 24.0 Å². The number of aliphatic hydroxyl groups is 1. The Kier molecular flexibility index (Phi) is 11.1. The molecular formula is C18H27N7O9. The average molecular weight is 485 g/mol. The second-order valence-electron chi connectivity index (χ2n) is 7.19. The van der Waals surface area contributed by atoms with E-state index in [1.165, 1.54) is 12.5 Å². The summed E-state index contributed by atoms with van der Waals surface area (Å²) in [5.41, 5.74) is 10.7. The summed E-state index contributed by atoms with van der Waals surface area (Å²) in [5, 5.41) is 33.9. The van der Waals surface area contributed by atoms with Gasteiger partial charge in [-0.1, -0.05) is 0 Å². The maximum atomic E-state index is 12.8. The number of carboxylic acid groups (broad SMARTS) is 2. The van der Waals surface area contributed by atoms with Crippen molar-refractivity contribution in [2.75, 3.05) is 6.61 Å². The lowest BCUT2D eigenvalue weighted by atomic mass is 10.1. The number of aliphatic carboxylic acids is 2. The number of hydrogen-bond donors (Lipinski definition) is 9. The van der Waals surface area contributed by atoms with Gasteiger partial charge in [0, 0.05) is 24.7 Å². The van der Waals surface area contributed by atoms with E-state index in [-0.39, 0.29) is 19.3 Å². The molecule has 0 spiro atoms. The van der Waals surface area contributed by atoms with Crippen molar-refractivity contribution in [1.82, 2.24) is 25.9 Å². The van der Waals surface area contributed by atoms with Crippen molar-refractivity contribution in [3.05, 3.63) is 18.2 Å². The lowest BCUT2D eigenvalue weighted by Gasteiger charge is -2.24. The second-order valence-corrected chi connectivity index (χ2v) is 7.19. The number of nitrogens with zero attached hydrogens (tertiary/aromatic N) is 1. The van der Waals surface area contributed by atoms with E-state index >= 15 is 0 Å². The molecule has 4 amide bonds. The van der Waals surface area contributed by atoms with Crippen LogP contribution in [-0.4, -0.2) is 91.6 Å². The van der Waals surface area contributed by atoms with Crippen LogP contribution in [0.2, 0.25) is 0 Å². The molecule has 16 nitrogen and oxygen atoms in total. The third-order valence-electron chi connectivity index (χ3n) is 4.45. The van der Waals surface area contributed by atoms with Gasteiger partial charge in [-0.2, -0.15) is 0 Å². The van der Waals surface area contributed by atoms with Gasteiger partial charge in [0.25, 0.3) is 0 Å². The first kappa shape index (κ1) is 28.0. The van der Waals surface area contributed by atoms with Gasteiger partial charge in [-0.25, -0.2) is 9.78 Å². The Morgan fingerprint density at radius 1 is 0.971 bits per heavy atom. The Morgan fingerprint density at radius 3 is 2.06 bits per heavy atom. The lowest BCUT2D eigenvalue weighted by Crippen LogP contribution is -2.58. The molecule has 1 aromatic heterocycles. The summed E-state index contributed by atoms with van der Waals surface area (Å²) in [6, 6.07) is -6.01. The number of H-pyrrole nitrogens is 1. The number of imidazole rings is 1. The van der Waals surface area contributed by atoms with Crippen LogP contribution in [-0.2, 0) is 35.2 Å². The van der Waals surface area contributed by atoms with Crippen LogP contribution >= 0.6 is 0 Å². The smallest absolute Gasteiger partial charge is 0.326 e. The highest BCUT2D eigenvalue weighted by atomic mass is 16.4. The number of carbonyl (C=O) groups is 6. The number of amides is 4. The van der Waals surface area contributed by atoms with Crippen LogP contribution in [0.15, 0.2) is 12.5 Å². The predicted molar refractivity (Wildman–Crippen MR) is 111 cm³/mol. The van der Waals surface area contributed by atoms with Crippen molar-refractivity contribution in [3.8, 4) is 0 Å². The summed E-state index contributed by atoms with van der Waals surface area (Å²) in [6.07, 6.45) is 0.923. The molecule has 188 valence electrons. The number of aliphatic hydroxyl groups excluding tert-OH is 1. The van der Waals surface area contributed by atoms with E-state index < -0.39 is 72.8 Å². The van der Waals surface area contributed by atoms with Gasteiger partial charge in [-0.15, -0.1) is 0 Å². The number of hydrogen-bond acceptors (Lipinski definition) is 9. The van der Waals surface area contributed by atoms with Crippen LogP contribution < -0.4 is 27.4 Å². The molecule has 0 saturated carbocycles. The molecule has 1 heterocycles. The molecule has 0 bridgehead atoms. The van der Waals surface area contributed by atoms with Crippen molar-refractivity contribution >= 4 is 35.6 Å². The molecule has 0 aliphatic heterocycles. The minimum Gasteiger partial charge on any atom is -0.481 e. The van der Waals surface area contributed by atoms with Crippen LogP contribution in [0, 0.1) is 0 Å². The number of carbonyl (C=O) groups excluding carboxylic acids is 4. The molecule has 0 aromatic carbocycles. The van der Waals surface area contributed by atoms with E-state index in [4.69, 9.17) is 21.7 Å². The van der Waals surface area contributed by atoms with Gasteiger partial charge in [0.2, 0.25) is 23.6 Å². The predicted octanol–water partition coefficient (Wildman–Crippen LogP) is -4.45. The molecule has 0 aliphatic carbocycles. The fourth-order valence-electron chi connectivity index (χ4n) is 2.66. The summed E-state index contributed by atoms with van der Waals surface area (Å²) < 4.78 is 0. The third-order valence-corrected chi connectivity index (χ3v) is 4.45. The molecule has 1 aromatic rings. The molecule has 0 fully saturated rings. The van der Waals surface area contributed by atoms with Crippen molar-refractivity contribution < 1.29 is 44.1 Å². The number of primary amides is 1.